The largest absolute Gasteiger partial charge is 0.457 e. The molecule has 3 rings (SSSR count). The molecule has 2 aromatic carbocycles. The van der Waals surface area contributed by atoms with Crippen molar-refractivity contribution in [3.05, 3.63) is 53.1 Å². The molecule has 2 aromatic rings. The predicted molar refractivity (Wildman–Crippen MR) is 74.9 cm³/mol. The third-order valence-electron chi connectivity index (χ3n) is 3.64. The monoisotopic (exact) mass is 380 g/mol. The van der Waals surface area contributed by atoms with Crippen LogP contribution in [0.2, 0.25) is 0 Å². The Kier molecular flexibility index (Phi) is 4.20. The molecule has 2 atom stereocenters. The molecule has 0 saturated heterocycles. The number of aliphatic hydroxyl groups excluding tert-OH is 1. The van der Waals surface area contributed by atoms with Gasteiger partial charge in [-0.3, -0.25) is 0 Å². The lowest BCUT2D eigenvalue weighted by molar-refractivity contribution is 0.109. The molecule has 0 bridgehead atoms. The van der Waals surface area contributed by atoms with Crippen molar-refractivity contribution < 1.29 is 40.2 Å². The Labute approximate surface area is 138 Å². The van der Waals surface area contributed by atoms with Crippen molar-refractivity contribution in [2.75, 3.05) is 0 Å². The SMILES string of the molecule is O=S1(=O)c2ccc(Oc3cc(F)cc(F)c3)c(C(F)F)c2C(O)C1F. The number of aliphatic hydroxyl groups is 1. The number of alkyl halides is 3. The van der Waals surface area contributed by atoms with Gasteiger partial charge in [0.2, 0.25) is 15.3 Å². The topological polar surface area (TPSA) is 63.6 Å². The maximum atomic E-state index is 13.8. The molecule has 1 aliphatic rings. The fraction of sp³-hybridized carbons (Fsp3) is 0.200. The van der Waals surface area contributed by atoms with Crippen LogP contribution in [0.4, 0.5) is 22.0 Å². The molecule has 1 aliphatic heterocycles. The minimum absolute atomic E-state index is 0.466. The fourth-order valence-corrected chi connectivity index (χ4v) is 4.11. The van der Waals surface area contributed by atoms with Crippen LogP contribution in [0.5, 0.6) is 11.5 Å². The summed E-state index contributed by atoms with van der Waals surface area (Å²) in [4.78, 5) is -0.777. The number of sulfone groups is 1. The highest BCUT2D eigenvalue weighted by Gasteiger charge is 2.48. The first-order valence-corrected chi connectivity index (χ1v) is 8.32. The van der Waals surface area contributed by atoms with Crippen LogP contribution in [0.3, 0.4) is 0 Å². The van der Waals surface area contributed by atoms with Gasteiger partial charge in [0.05, 0.1) is 10.5 Å². The molecule has 0 aromatic heterocycles. The van der Waals surface area contributed by atoms with Crippen molar-refractivity contribution in [3.8, 4) is 11.5 Å². The van der Waals surface area contributed by atoms with E-state index in [4.69, 9.17) is 4.74 Å². The van der Waals surface area contributed by atoms with E-state index in [1.165, 1.54) is 0 Å². The summed E-state index contributed by atoms with van der Waals surface area (Å²) < 4.78 is 95.7. The number of ether oxygens (including phenoxy) is 1. The molecular weight excluding hydrogens is 371 g/mol. The maximum Gasteiger partial charge on any atom is 0.267 e. The highest BCUT2D eigenvalue weighted by Crippen LogP contribution is 2.48. The van der Waals surface area contributed by atoms with Crippen LogP contribution < -0.4 is 4.74 Å². The van der Waals surface area contributed by atoms with Crippen molar-refractivity contribution >= 4 is 9.84 Å². The Bertz CT molecular complexity index is 925. The van der Waals surface area contributed by atoms with Gasteiger partial charge in [-0.05, 0) is 12.1 Å². The first-order valence-electron chi connectivity index (χ1n) is 6.78. The second-order valence-corrected chi connectivity index (χ2v) is 7.22. The summed E-state index contributed by atoms with van der Waals surface area (Å²) >= 11 is 0. The van der Waals surface area contributed by atoms with Crippen LogP contribution in [-0.4, -0.2) is 19.0 Å². The zero-order valence-corrected chi connectivity index (χ0v) is 12.9. The summed E-state index contributed by atoms with van der Waals surface area (Å²) in [6.45, 7) is 0. The number of benzene rings is 2. The Hall–Kier alpha value is -2.20. The average molecular weight is 380 g/mol. The van der Waals surface area contributed by atoms with Crippen LogP contribution in [0.15, 0.2) is 35.2 Å². The van der Waals surface area contributed by atoms with Crippen LogP contribution >= 0.6 is 0 Å². The Morgan fingerprint density at radius 1 is 1.08 bits per heavy atom. The maximum absolute atomic E-state index is 13.8. The number of halogens is 5. The van der Waals surface area contributed by atoms with E-state index in [0.29, 0.717) is 6.07 Å². The second-order valence-electron chi connectivity index (χ2n) is 5.24. The lowest BCUT2D eigenvalue weighted by atomic mass is 10.0. The van der Waals surface area contributed by atoms with Crippen molar-refractivity contribution in [2.24, 2.45) is 0 Å². The Morgan fingerprint density at radius 2 is 1.68 bits per heavy atom. The van der Waals surface area contributed by atoms with Gasteiger partial charge in [-0.25, -0.2) is 30.4 Å². The fourth-order valence-electron chi connectivity index (χ4n) is 2.60. The first kappa shape index (κ1) is 17.6. The first-order chi connectivity index (χ1) is 11.6. The quantitative estimate of drug-likeness (QED) is 0.823. The number of hydrogen-bond acceptors (Lipinski definition) is 4. The van der Waals surface area contributed by atoms with Gasteiger partial charge in [-0.1, -0.05) is 0 Å². The van der Waals surface area contributed by atoms with E-state index in [-0.39, 0.29) is 0 Å². The van der Waals surface area contributed by atoms with Crippen molar-refractivity contribution in [1.82, 2.24) is 0 Å². The molecule has 10 heteroatoms. The minimum Gasteiger partial charge on any atom is -0.457 e. The predicted octanol–water partition coefficient (Wildman–Crippen LogP) is 3.81. The third-order valence-corrected chi connectivity index (χ3v) is 5.46. The molecule has 1 heterocycles. The number of rotatable bonds is 3. The lowest BCUT2D eigenvalue weighted by Gasteiger charge is -2.15. The molecule has 4 nitrogen and oxygen atoms in total. The van der Waals surface area contributed by atoms with E-state index in [0.717, 1.165) is 24.3 Å². The van der Waals surface area contributed by atoms with Gasteiger partial charge in [0, 0.05) is 23.8 Å². The second kappa shape index (κ2) is 5.95. The van der Waals surface area contributed by atoms with Crippen LogP contribution in [0, 0.1) is 11.6 Å². The summed E-state index contributed by atoms with van der Waals surface area (Å²) in [6, 6.07) is 3.58. The summed E-state index contributed by atoms with van der Waals surface area (Å²) in [5.74, 6) is -3.17. The molecule has 0 spiro atoms. The van der Waals surface area contributed by atoms with Crippen molar-refractivity contribution in [1.29, 1.82) is 0 Å². The van der Waals surface area contributed by atoms with E-state index in [9.17, 15) is 35.5 Å². The zero-order chi connectivity index (χ0) is 18.5. The smallest absolute Gasteiger partial charge is 0.267 e. The van der Waals surface area contributed by atoms with E-state index in [2.05, 4.69) is 0 Å². The van der Waals surface area contributed by atoms with Gasteiger partial charge in [0.1, 0.15) is 29.2 Å². The summed E-state index contributed by atoms with van der Waals surface area (Å²) in [5.41, 5.74) is -4.67. The molecule has 0 radical (unpaired) electrons. The summed E-state index contributed by atoms with van der Waals surface area (Å²) in [6.07, 6.45) is -5.66. The molecule has 0 saturated carbocycles. The molecule has 0 amide bonds. The van der Waals surface area contributed by atoms with Gasteiger partial charge in [-0.15, -0.1) is 0 Å². The molecule has 1 N–H and O–H groups in total. The van der Waals surface area contributed by atoms with Gasteiger partial charge in [0.25, 0.3) is 6.43 Å². The average Bonchev–Trinajstić information content (AvgIpc) is 2.67. The lowest BCUT2D eigenvalue weighted by Crippen LogP contribution is -2.15. The van der Waals surface area contributed by atoms with Crippen LogP contribution in [0.25, 0.3) is 0 Å². The molecular formula is C15H9F5O4S. The van der Waals surface area contributed by atoms with Crippen LogP contribution in [0.1, 0.15) is 23.7 Å². The molecule has 0 aliphatic carbocycles. The minimum atomic E-state index is -4.62. The van der Waals surface area contributed by atoms with E-state index >= 15 is 0 Å². The highest BCUT2D eigenvalue weighted by molar-refractivity contribution is 7.92. The molecule has 2 unspecified atom stereocenters. The van der Waals surface area contributed by atoms with Crippen molar-refractivity contribution in [3.63, 3.8) is 0 Å². The van der Waals surface area contributed by atoms with E-state index < -0.39 is 67.0 Å². The highest BCUT2D eigenvalue weighted by atomic mass is 32.2. The standard InChI is InChI=1S/C15H9F5O4S/c16-6-3-7(17)5-8(4-6)24-9-1-2-10-12(11(9)14(18)19)13(21)15(20)25(10,22)23/h1-5,13-15,21H. The van der Waals surface area contributed by atoms with Crippen LogP contribution in [-0.2, 0) is 9.84 Å². The van der Waals surface area contributed by atoms with Gasteiger partial charge in [0.15, 0.2) is 0 Å². The van der Waals surface area contributed by atoms with Gasteiger partial charge in [-0.2, -0.15) is 0 Å². The number of fused-ring (bicyclic) bond motifs is 1. The summed E-state index contributed by atoms with van der Waals surface area (Å²) in [7, 11) is -4.62. The molecule has 0 fully saturated rings. The Balaban J connectivity index is 2.17. The van der Waals surface area contributed by atoms with Crippen molar-refractivity contribution in [2.45, 2.75) is 22.9 Å². The number of hydrogen-bond donors (Lipinski definition) is 1. The van der Waals surface area contributed by atoms with E-state index in [1.54, 1.807) is 0 Å². The van der Waals surface area contributed by atoms with E-state index in [1.807, 2.05) is 0 Å². The van der Waals surface area contributed by atoms with Gasteiger partial charge < -0.3 is 9.84 Å². The normalized spacial score (nSPS) is 21.4. The Morgan fingerprint density at radius 3 is 2.24 bits per heavy atom. The third kappa shape index (κ3) is 2.85. The van der Waals surface area contributed by atoms with Gasteiger partial charge >= 0.3 is 0 Å². The molecule has 134 valence electrons. The summed E-state index contributed by atoms with van der Waals surface area (Å²) in [5, 5.41) is 9.73. The molecule has 25 heavy (non-hydrogen) atoms. The zero-order valence-electron chi connectivity index (χ0n) is 12.1.